The van der Waals surface area contributed by atoms with Crippen LogP contribution in [0.3, 0.4) is 0 Å². The summed E-state index contributed by atoms with van der Waals surface area (Å²) in [4.78, 5) is 22.6. The minimum absolute atomic E-state index is 0.0277. The average Bonchev–Trinajstić information content (AvgIpc) is 3.18. The van der Waals surface area contributed by atoms with Gasteiger partial charge in [-0.15, -0.1) is 0 Å². The number of anilines is 1. The van der Waals surface area contributed by atoms with Gasteiger partial charge in [-0.25, -0.2) is 4.98 Å². The first-order valence-corrected chi connectivity index (χ1v) is 11.4. The molecule has 0 saturated carbocycles. The van der Waals surface area contributed by atoms with Crippen LogP contribution in [0.5, 0.6) is 0 Å². The molecule has 1 fully saturated rings. The van der Waals surface area contributed by atoms with Crippen molar-refractivity contribution in [2.24, 2.45) is 0 Å². The van der Waals surface area contributed by atoms with Crippen molar-refractivity contribution in [1.29, 1.82) is 0 Å². The van der Waals surface area contributed by atoms with Gasteiger partial charge in [-0.3, -0.25) is 14.6 Å². The van der Waals surface area contributed by atoms with Crippen LogP contribution in [0.25, 0.3) is 10.2 Å². The molecule has 152 valence electrons. The van der Waals surface area contributed by atoms with E-state index >= 15 is 0 Å². The van der Waals surface area contributed by atoms with Gasteiger partial charge in [-0.05, 0) is 53.0 Å². The summed E-state index contributed by atoms with van der Waals surface area (Å²) in [6.07, 6.45) is 0. The van der Waals surface area contributed by atoms with Crippen molar-refractivity contribution in [3.05, 3.63) is 57.6 Å². The zero-order valence-electron chi connectivity index (χ0n) is 16.7. The first kappa shape index (κ1) is 20.5. The molecule has 3 aromatic rings. The van der Waals surface area contributed by atoms with E-state index < -0.39 is 0 Å². The highest BCUT2D eigenvalue weighted by molar-refractivity contribution is 9.10. The Morgan fingerprint density at radius 1 is 1.17 bits per heavy atom. The number of aryl methyl sites for hydroxylation is 2. The van der Waals surface area contributed by atoms with Crippen LogP contribution in [0.15, 0.2) is 40.9 Å². The number of hydrogen-bond acceptors (Lipinski definition) is 5. The number of morpholine rings is 1. The lowest BCUT2D eigenvalue weighted by Gasteiger charge is -2.29. The molecule has 1 aromatic heterocycles. The predicted molar refractivity (Wildman–Crippen MR) is 122 cm³/mol. The molecule has 0 N–H and O–H groups in total. The largest absolute Gasteiger partial charge is 0.379 e. The van der Waals surface area contributed by atoms with Crippen molar-refractivity contribution < 1.29 is 9.53 Å². The third-order valence-electron chi connectivity index (χ3n) is 5.25. The molecule has 1 aliphatic heterocycles. The van der Waals surface area contributed by atoms with Crippen molar-refractivity contribution in [1.82, 2.24) is 9.88 Å². The van der Waals surface area contributed by atoms with Crippen molar-refractivity contribution >= 4 is 48.5 Å². The lowest BCUT2D eigenvalue weighted by atomic mass is 10.1. The van der Waals surface area contributed by atoms with E-state index in [0.29, 0.717) is 12.1 Å². The number of carbonyl (C=O) groups is 1. The summed E-state index contributed by atoms with van der Waals surface area (Å²) in [5.41, 5.74) is 3.97. The van der Waals surface area contributed by atoms with Crippen LogP contribution >= 0.6 is 27.3 Å². The van der Waals surface area contributed by atoms with Gasteiger partial charge >= 0.3 is 0 Å². The van der Waals surface area contributed by atoms with Crippen molar-refractivity contribution in [3.8, 4) is 0 Å². The van der Waals surface area contributed by atoms with Crippen LogP contribution < -0.4 is 4.90 Å². The molecule has 1 saturated heterocycles. The summed E-state index contributed by atoms with van der Waals surface area (Å²) in [5.74, 6) is -0.0277. The number of fused-ring (bicyclic) bond motifs is 1. The smallest absolute Gasteiger partial charge is 0.261 e. The van der Waals surface area contributed by atoms with Crippen LogP contribution in [0.4, 0.5) is 5.13 Å². The monoisotopic (exact) mass is 473 g/mol. The highest BCUT2D eigenvalue weighted by atomic mass is 79.9. The average molecular weight is 474 g/mol. The van der Waals surface area contributed by atoms with Crippen molar-refractivity contribution in [3.63, 3.8) is 0 Å². The standard InChI is InChI=1S/C22H24BrN3O2S/c1-15-7-8-16(2)20-19(15)24-22(29-20)26(10-9-25-11-13-28-14-12-25)21(27)17-5-3-4-6-18(17)23/h3-8H,9-14H2,1-2H3. The number of carbonyl (C=O) groups excluding carboxylic acids is 1. The summed E-state index contributed by atoms with van der Waals surface area (Å²) >= 11 is 5.13. The SMILES string of the molecule is Cc1ccc(C)c2sc(N(CCN3CCOCC3)C(=O)c3ccccc3Br)nc12. The topological polar surface area (TPSA) is 45.7 Å². The van der Waals surface area contributed by atoms with Gasteiger partial charge in [0.15, 0.2) is 5.13 Å². The third kappa shape index (κ3) is 4.38. The Morgan fingerprint density at radius 2 is 1.90 bits per heavy atom. The second kappa shape index (κ2) is 8.92. The predicted octanol–water partition coefficient (Wildman–Crippen LogP) is 4.65. The Labute approximate surface area is 183 Å². The number of rotatable bonds is 5. The maximum absolute atomic E-state index is 13.5. The lowest BCUT2D eigenvalue weighted by Crippen LogP contribution is -2.43. The Hall–Kier alpha value is -1.80. The van der Waals surface area contributed by atoms with Gasteiger partial charge in [0.1, 0.15) is 0 Å². The van der Waals surface area contributed by atoms with Crippen LogP contribution in [-0.4, -0.2) is 55.2 Å². The zero-order valence-corrected chi connectivity index (χ0v) is 19.1. The number of nitrogens with zero attached hydrogens (tertiary/aromatic N) is 3. The molecule has 0 atom stereocenters. The minimum atomic E-state index is -0.0277. The van der Waals surface area contributed by atoms with Crippen LogP contribution in [0.1, 0.15) is 21.5 Å². The van der Waals surface area contributed by atoms with E-state index in [2.05, 4.69) is 46.8 Å². The first-order valence-electron chi connectivity index (χ1n) is 9.78. The zero-order chi connectivity index (χ0) is 20.4. The summed E-state index contributed by atoms with van der Waals surface area (Å²) < 4.78 is 7.40. The number of halogens is 1. The maximum atomic E-state index is 13.5. The van der Waals surface area contributed by atoms with E-state index in [1.165, 1.54) is 5.56 Å². The van der Waals surface area contributed by atoms with Gasteiger partial charge in [-0.2, -0.15) is 0 Å². The molecular weight excluding hydrogens is 450 g/mol. The van der Waals surface area contributed by atoms with E-state index in [-0.39, 0.29) is 5.91 Å². The molecule has 7 heteroatoms. The first-order chi connectivity index (χ1) is 14.0. The molecule has 2 heterocycles. The van der Waals surface area contributed by atoms with E-state index in [9.17, 15) is 4.79 Å². The van der Waals surface area contributed by atoms with Gasteiger partial charge in [0.05, 0.1) is 29.0 Å². The fraction of sp³-hybridized carbons (Fsp3) is 0.364. The number of benzene rings is 2. The van der Waals surface area contributed by atoms with Crippen LogP contribution in [-0.2, 0) is 4.74 Å². The van der Waals surface area contributed by atoms with Gasteiger partial charge in [0.25, 0.3) is 5.91 Å². The highest BCUT2D eigenvalue weighted by Gasteiger charge is 2.24. The molecule has 0 radical (unpaired) electrons. The molecule has 1 aliphatic rings. The molecule has 2 aromatic carbocycles. The quantitative estimate of drug-likeness (QED) is 0.540. The molecule has 29 heavy (non-hydrogen) atoms. The number of amides is 1. The molecule has 0 spiro atoms. The molecule has 1 amide bonds. The van der Waals surface area contributed by atoms with E-state index in [0.717, 1.165) is 58.2 Å². The second-order valence-electron chi connectivity index (χ2n) is 7.26. The van der Waals surface area contributed by atoms with Gasteiger partial charge < -0.3 is 4.74 Å². The Morgan fingerprint density at radius 3 is 2.62 bits per heavy atom. The van der Waals surface area contributed by atoms with Gasteiger partial charge in [0.2, 0.25) is 0 Å². The Balaban J connectivity index is 1.69. The molecular formula is C22H24BrN3O2S. The van der Waals surface area contributed by atoms with Gasteiger partial charge in [-0.1, -0.05) is 35.6 Å². The van der Waals surface area contributed by atoms with Crippen molar-refractivity contribution in [2.45, 2.75) is 13.8 Å². The number of ether oxygens (including phenoxy) is 1. The van der Waals surface area contributed by atoms with E-state index in [1.54, 1.807) is 11.3 Å². The van der Waals surface area contributed by atoms with E-state index in [4.69, 9.17) is 9.72 Å². The fourth-order valence-electron chi connectivity index (χ4n) is 3.49. The third-order valence-corrected chi connectivity index (χ3v) is 7.16. The number of thiazole rings is 1. The van der Waals surface area contributed by atoms with Gasteiger partial charge in [0, 0.05) is 30.7 Å². The maximum Gasteiger partial charge on any atom is 0.261 e. The minimum Gasteiger partial charge on any atom is -0.379 e. The fourth-order valence-corrected chi connectivity index (χ4v) is 5.08. The van der Waals surface area contributed by atoms with E-state index in [1.807, 2.05) is 29.2 Å². The normalized spacial score (nSPS) is 15.0. The summed E-state index contributed by atoms with van der Waals surface area (Å²) in [5, 5.41) is 0.756. The Bertz CT molecular complexity index is 991. The molecule has 5 nitrogen and oxygen atoms in total. The number of hydrogen-bond donors (Lipinski definition) is 0. The van der Waals surface area contributed by atoms with Crippen LogP contribution in [0, 0.1) is 13.8 Å². The lowest BCUT2D eigenvalue weighted by molar-refractivity contribution is 0.0391. The highest BCUT2D eigenvalue weighted by Crippen LogP contribution is 2.34. The number of aromatic nitrogens is 1. The molecule has 4 rings (SSSR count). The summed E-state index contributed by atoms with van der Waals surface area (Å²) in [6.45, 7) is 8.85. The van der Waals surface area contributed by atoms with Crippen LogP contribution in [0.2, 0.25) is 0 Å². The summed E-state index contributed by atoms with van der Waals surface area (Å²) in [6, 6.07) is 11.8. The second-order valence-corrected chi connectivity index (χ2v) is 9.10. The Kier molecular flexibility index (Phi) is 6.29. The molecule has 0 unspecified atom stereocenters. The van der Waals surface area contributed by atoms with Crippen molar-refractivity contribution in [2.75, 3.05) is 44.3 Å². The molecule has 0 aliphatic carbocycles. The summed E-state index contributed by atoms with van der Waals surface area (Å²) in [7, 11) is 0. The molecule has 0 bridgehead atoms.